The molecule has 0 aliphatic carbocycles. The van der Waals surface area contributed by atoms with Crippen LogP contribution in [0.15, 0.2) is 47.4 Å². The molecule has 0 aromatic heterocycles. The number of anilines is 1. The Hall–Kier alpha value is -3.76. The highest BCUT2D eigenvalue weighted by atomic mass is 35.5. The van der Waals surface area contributed by atoms with E-state index >= 15 is 0 Å². The molecule has 3 rings (SSSR count). The first kappa shape index (κ1) is 26.8. The molecule has 0 saturated carbocycles. The first-order valence-electron chi connectivity index (χ1n) is 10.4. The Balaban J connectivity index is 1.99. The maximum atomic E-state index is 13.0. The van der Waals surface area contributed by atoms with E-state index in [1.165, 1.54) is 65.9 Å². The molecular weight excluding hydrogens is 510 g/mol. The molecule has 0 unspecified atom stereocenters. The highest BCUT2D eigenvalue weighted by molar-refractivity contribution is 7.92. The summed E-state index contributed by atoms with van der Waals surface area (Å²) in [6, 6.07) is 10.5. The van der Waals surface area contributed by atoms with Gasteiger partial charge in [0.2, 0.25) is 5.75 Å². The van der Waals surface area contributed by atoms with Gasteiger partial charge in [0.1, 0.15) is 5.75 Å². The minimum atomic E-state index is -4.07. The Kier molecular flexibility index (Phi) is 8.44. The SMILES string of the molecule is COc1ccc(S(=O)(=O)Nc2cc(C=Cc3cc(OC)c(OC)c(OC)c3)cc(O)c2OC)cc1Cl. The van der Waals surface area contributed by atoms with Gasteiger partial charge in [0.15, 0.2) is 23.0 Å². The van der Waals surface area contributed by atoms with Gasteiger partial charge in [0.05, 0.1) is 51.2 Å². The monoisotopic (exact) mass is 535 g/mol. The molecular formula is C25H26ClNO8S. The molecule has 0 bridgehead atoms. The molecule has 0 heterocycles. The summed E-state index contributed by atoms with van der Waals surface area (Å²) in [5.74, 6) is 1.44. The van der Waals surface area contributed by atoms with E-state index in [0.717, 1.165) is 5.56 Å². The lowest BCUT2D eigenvalue weighted by Crippen LogP contribution is -2.14. The first-order chi connectivity index (χ1) is 17.2. The van der Waals surface area contributed by atoms with Crippen LogP contribution < -0.4 is 28.4 Å². The van der Waals surface area contributed by atoms with Crippen molar-refractivity contribution in [1.82, 2.24) is 0 Å². The Morgan fingerprint density at radius 1 is 0.750 bits per heavy atom. The topological polar surface area (TPSA) is 113 Å². The van der Waals surface area contributed by atoms with Gasteiger partial charge in [-0.3, -0.25) is 4.72 Å². The van der Waals surface area contributed by atoms with Crippen molar-refractivity contribution >= 4 is 39.5 Å². The highest BCUT2D eigenvalue weighted by Crippen LogP contribution is 2.40. The minimum absolute atomic E-state index is 0.0361. The van der Waals surface area contributed by atoms with Crippen molar-refractivity contribution in [2.24, 2.45) is 0 Å². The molecule has 0 atom stereocenters. The summed E-state index contributed by atoms with van der Waals surface area (Å²) in [5.41, 5.74) is 1.25. The minimum Gasteiger partial charge on any atom is -0.504 e. The molecule has 9 nitrogen and oxygen atoms in total. The van der Waals surface area contributed by atoms with Crippen LogP contribution in [0, 0.1) is 0 Å². The lowest BCUT2D eigenvalue weighted by atomic mass is 10.1. The van der Waals surface area contributed by atoms with Crippen LogP contribution in [-0.2, 0) is 10.0 Å². The number of nitrogens with one attached hydrogen (secondary N) is 1. The fraction of sp³-hybridized carbons (Fsp3) is 0.200. The predicted octanol–water partition coefficient (Wildman–Crippen LogP) is 5.06. The van der Waals surface area contributed by atoms with Crippen molar-refractivity contribution in [3.63, 3.8) is 0 Å². The van der Waals surface area contributed by atoms with E-state index in [4.69, 9.17) is 35.3 Å². The Morgan fingerprint density at radius 3 is 1.81 bits per heavy atom. The lowest BCUT2D eigenvalue weighted by Gasteiger charge is -2.15. The van der Waals surface area contributed by atoms with Crippen LogP contribution in [-0.4, -0.2) is 49.1 Å². The van der Waals surface area contributed by atoms with Crippen molar-refractivity contribution in [1.29, 1.82) is 0 Å². The molecule has 3 aromatic rings. The number of halogens is 1. The number of phenolic OH excluding ortho intramolecular Hbond substituents is 1. The molecule has 0 amide bonds. The molecule has 3 aromatic carbocycles. The van der Waals surface area contributed by atoms with Crippen molar-refractivity contribution in [2.45, 2.75) is 4.90 Å². The molecule has 0 aliphatic rings. The summed E-state index contributed by atoms with van der Waals surface area (Å²) in [7, 11) is 3.22. The van der Waals surface area contributed by atoms with Crippen LogP contribution in [0.5, 0.6) is 34.5 Å². The molecule has 0 fully saturated rings. The molecule has 2 N–H and O–H groups in total. The highest BCUT2D eigenvalue weighted by Gasteiger charge is 2.20. The number of hydrogen-bond donors (Lipinski definition) is 2. The lowest BCUT2D eigenvalue weighted by molar-refractivity contribution is 0.324. The summed E-state index contributed by atoms with van der Waals surface area (Å²) in [5, 5.41) is 10.6. The van der Waals surface area contributed by atoms with E-state index < -0.39 is 10.0 Å². The number of hydrogen-bond acceptors (Lipinski definition) is 8. The number of rotatable bonds is 10. The average Bonchev–Trinajstić information content (AvgIpc) is 2.86. The fourth-order valence-electron chi connectivity index (χ4n) is 3.43. The molecule has 0 radical (unpaired) electrons. The third kappa shape index (κ3) is 5.72. The second-order valence-corrected chi connectivity index (χ2v) is 9.40. The van der Waals surface area contributed by atoms with Gasteiger partial charge >= 0.3 is 0 Å². The van der Waals surface area contributed by atoms with Gasteiger partial charge in [-0.2, -0.15) is 0 Å². The van der Waals surface area contributed by atoms with Crippen molar-refractivity contribution in [3.8, 4) is 34.5 Å². The van der Waals surface area contributed by atoms with Crippen molar-refractivity contribution < 1.29 is 37.2 Å². The van der Waals surface area contributed by atoms with Crippen LogP contribution in [0.3, 0.4) is 0 Å². The number of benzene rings is 3. The van der Waals surface area contributed by atoms with Crippen molar-refractivity contribution in [3.05, 3.63) is 58.6 Å². The maximum absolute atomic E-state index is 13.0. The normalized spacial score (nSPS) is 11.3. The number of methoxy groups -OCH3 is 5. The van der Waals surface area contributed by atoms with Gasteiger partial charge < -0.3 is 28.8 Å². The van der Waals surface area contributed by atoms with E-state index in [1.54, 1.807) is 24.3 Å². The Bertz CT molecular complexity index is 1360. The van der Waals surface area contributed by atoms with E-state index in [-0.39, 0.29) is 27.1 Å². The zero-order valence-electron chi connectivity index (χ0n) is 20.3. The Labute approximate surface area is 214 Å². The summed E-state index contributed by atoms with van der Waals surface area (Å²) in [6.07, 6.45) is 3.43. The number of phenols is 1. The second kappa shape index (κ2) is 11.3. The molecule has 0 saturated heterocycles. The van der Waals surface area contributed by atoms with Crippen molar-refractivity contribution in [2.75, 3.05) is 40.3 Å². The summed E-state index contributed by atoms with van der Waals surface area (Å²) in [6.45, 7) is 0. The largest absolute Gasteiger partial charge is 0.504 e. The van der Waals surface area contributed by atoms with E-state index in [9.17, 15) is 13.5 Å². The van der Waals surface area contributed by atoms with Gasteiger partial charge in [0, 0.05) is 0 Å². The van der Waals surface area contributed by atoms with Gasteiger partial charge in [-0.15, -0.1) is 0 Å². The maximum Gasteiger partial charge on any atom is 0.262 e. The first-order valence-corrected chi connectivity index (χ1v) is 12.3. The summed E-state index contributed by atoms with van der Waals surface area (Å²) >= 11 is 6.09. The van der Waals surface area contributed by atoms with E-state index in [1.807, 2.05) is 0 Å². The Morgan fingerprint density at radius 2 is 1.31 bits per heavy atom. The van der Waals surface area contributed by atoms with Crippen LogP contribution in [0.25, 0.3) is 12.2 Å². The molecule has 0 aliphatic heterocycles. The van der Waals surface area contributed by atoms with Crippen LogP contribution in [0.1, 0.15) is 11.1 Å². The van der Waals surface area contributed by atoms with E-state index in [0.29, 0.717) is 28.6 Å². The third-order valence-electron chi connectivity index (χ3n) is 5.13. The quantitative estimate of drug-likeness (QED) is 0.346. The molecule has 0 spiro atoms. The average molecular weight is 536 g/mol. The van der Waals surface area contributed by atoms with Gasteiger partial charge in [-0.05, 0) is 53.6 Å². The second-order valence-electron chi connectivity index (χ2n) is 7.31. The number of ether oxygens (including phenoxy) is 5. The van der Waals surface area contributed by atoms with Crippen LogP contribution in [0.4, 0.5) is 5.69 Å². The van der Waals surface area contributed by atoms with Crippen LogP contribution >= 0.6 is 11.6 Å². The molecule has 36 heavy (non-hydrogen) atoms. The van der Waals surface area contributed by atoms with Gasteiger partial charge in [0.25, 0.3) is 10.0 Å². The smallest absolute Gasteiger partial charge is 0.262 e. The fourth-order valence-corrected chi connectivity index (χ4v) is 4.83. The standard InChI is InChI=1S/C25H26ClNO8S/c1-31-21-9-8-17(14-18(21)26)36(29,30)27-19-10-15(11-20(28)24(19)34-4)6-7-16-12-22(32-2)25(35-5)23(13-16)33-3/h6-14,27-28H,1-5H3. The summed E-state index contributed by atoms with van der Waals surface area (Å²) < 4.78 is 54.9. The third-order valence-corrected chi connectivity index (χ3v) is 6.79. The van der Waals surface area contributed by atoms with Gasteiger partial charge in [-0.1, -0.05) is 23.8 Å². The zero-order valence-corrected chi connectivity index (χ0v) is 21.9. The zero-order chi connectivity index (χ0) is 26.5. The van der Waals surface area contributed by atoms with E-state index in [2.05, 4.69) is 4.72 Å². The van der Waals surface area contributed by atoms with Crippen LogP contribution in [0.2, 0.25) is 5.02 Å². The predicted molar refractivity (Wildman–Crippen MR) is 138 cm³/mol. The number of aromatic hydroxyl groups is 1. The summed E-state index contributed by atoms with van der Waals surface area (Å²) in [4.78, 5) is -0.0896. The molecule has 192 valence electrons. The van der Waals surface area contributed by atoms with Gasteiger partial charge in [-0.25, -0.2) is 8.42 Å². The molecule has 11 heteroatoms. The number of sulfonamides is 1.